The molecule has 0 fully saturated rings. The van der Waals surface area contributed by atoms with Gasteiger partial charge in [-0.15, -0.1) is 0 Å². The molecule has 5 aromatic rings. The molecule has 0 unspecified atom stereocenters. The maximum absolute atomic E-state index is 13.3. The minimum atomic E-state index is -1.63. The van der Waals surface area contributed by atoms with Crippen molar-refractivity contribution >= 4 is 39.5 Å². The van der Waals surface area contributed by atoms with E-state index in [1.807, 2.05) is 6.07 Å². The van der Waals surface area contributed by atoms with Gasteiger partial charge in [-0.05, 0) is 30.3 Å². The first-order valence-electron chi connectivity index (χ1n) is 10.4. The molecule has 0 spiro atoms. The number of aromatic amines is 1. The van der Waals surface area contributed by atoms with Crippen LogP contribution in [0.4, 0.5) is 5.95 Å². The zero-order chi connectivity index (χ0) is 23.3. The largest absolute Gasteiger partial charge is 0.483 e. The topological polar surface area (TPSA) is 127 Å². The molecular weight excluding hydrogens is 460 g/mol. The van der Waals surface area contributed by atoms with E-state index >= 15 is 0 Å². The number of hydrogen-bond acceptors (Lipinski definition) is 8. The van der Waals surface area contributed by atoms with Gasteiger partial charge in [-0.2, -0.15) is 10.1 Å². The van der Waals surface area contributed by atoms with Crippen molar-refractivity contribution in [1.82, 2.24) is 24.7 Å². The Morgan fingerprint density at radius 3 is 2.85 bits per heavy atom. The van der Waals surface area contributed by atoms with Crippen molar-refractivity contribution < 1.29 is 14.6 Å². The summed E-state index contributed by atoms with van der Waals surface area (Å²) in [5.74, 6) is -0.443. The lowest BCUT2D eigenvalue weighted by atomic mass is 10.2. The fraction of sp³-hybridized carbons (Fsp3) is 0.130. The Hall–Kier alpha value is -4.15. The van der Waals surface area contributed by atoms with E-state index in [1.54, 1.807) is 48.7 Å². The predicted octanol–water partition coefficient (Wildman–Crippen LogP) is 2.88. The third-order valence-electron chi connectivity index (χ3n) is 5.51. The van der Waals surface area contributed by atoms with Crippen LogP contribution in [0, 0.1) is 0 Å². The molecule has 1 atom stereocenters. The van der Waals surface area contributed by atoms with Gasteiger partial charge in [0.25, 0.3) is 11.3 Å². The summed E-state index contributed by atoms with van der Waals surface area (Å²) in [6.07, 6.45) is 3.06. The summed E-state index contributed by atoms with van der Waals surface area (Å²) in [5.41, 5.74) is 1.13. The van der Waals surface area contributed by atoms with E-state index in [0.717, 1.165) is 0 Å². The number of aromatic nitrogens is 5. The highest BCUT2D eigenvalue weighted by Gasteiger charge is 2.35. The number of anilines is 1. The third-order valence-corrected chi connectivity index (χ3v) is 5.75. The molecule has 34 heavy (non-hydrogen) atoms. The Labute approximate surface area is 196 Å². The Kier molecular flexibility index (Phi) is 4.64. The van der Waals surface area contributed by atoms with Gasteiger partial charge >= 0.3 is 0 Å². The fourth-order valence-electron chi connectivity index (χ4n) is 3.91. The summed E-state index contributed by atoms with van der Waals surface area (Å²) in [6, 6.07) is 14.0. The summed E-state index contributed by atoms with van der Waals surface area (Å²) in [7, 11) is 0. The summed E-state index contributed by atoms with van der Waals surface area (Å²) < 4.78 is 12.8. The molecule has 0 saturated heterocycles. The highest BCUT2D eigenvalue weighted by Crippen LogP contribution is 2.34. The van der Waals surface area contributed by atoms with Crippen LogP contribution < -0.4 is 20.3 Å². The van der Waals surface area contributed by atoms with E-state index < -0.39 is 5.79 Å². The molecule has 1 aliphatic heterocycles. The summed E-state index contributed by atoms with van der Waals surface area (Å²) in [4.78, 5) is 22.2. The second-order valence-corrected chi connectivity index (χ2v) is 8.28. The molecule has 3 aromatic heterocycles. The molecule has 4 heterocycles. The molecule has 0 bridgehead atoms. The van der Waals surface area contributed by atoms with Crippen LogP contribution in [-0.4, -0.2) is 48.8 Å². The maximum Gasteiger partial charge on any atom is 0.267 e. The highest BCUT2D eigenvalue weighted by molar-refractivity contribution is 6.30. The number of nitrogens with one attached hydrogen (secondary N) is 2. The summed E-state index contributed by atoms with van der Waals surface area (Å²) in [6.45, 7) is -0.132. The first-order chi connectivity index (χ1) is 16.5. The highest BCUT2D eigenvalue weighted by atomic mass is 35.5. The zero-order valence-corrected chi connectivity index (χ0v) is 18.3. The van der Waals surface area contributed by atoms with Crippen molar-refractivity contribution in [3.05, 3.63) is 76.3 Å². The van der Waals surface area contributed by atoms with Gasteiger partial charge in [0.15, 0.2) is 23.8 Å². The van der Waals surface area contributed by atoms with Gasteiger partial charge in [0, 0.05) is 11.2 Å². The van der Waals surface area contributed by atoms with E-state index in [2.05, 4.69) is 25.5 Å². The number of fused-ring (bicyclic) bond motifs is 4. The van der Waals surface area contributed by atoms with Crippen LogP contribution >= 0.6 is 11.6 Å². The maximum atomic E-state index is 13.3. The average molecular weight is 477 g/mol. The average Bonchev–Trinajstić information content (AvgIpc) is 3.34. The second-order valence-electron chi connectivity index (χ2n) is 7.85. The van der Waals surface area contributed by atoms with Gasteiger partial charge in [-0.3, -0.25) is 14.5 Å². The Bertz CT molecular complexity index is 1620. The molecule has 0 saturated carbocycles. The number of H-pyrrole nitrogens is 1. The minimum absolute atomic E-state index is 0.0550. The van der Waals surface area contributed by atoms with Gasteiger partial charge < -0.3 is 19.9 Å². The van der Waals surface area contributed by atoms with Crippen LogP contribution in [-0.2, 0) is 0 Å². The number of pyridine rings is 1. The monoisotopic (exact) mass is 476 g/mol. The minimum Gasteiger partial charge on any atom is -0.483 e. The van der Waals surface area contributed by atoms with Crippen LogP contribution in [0.1, 0.15) is 0 Å². The lowest BCUT2D eigenvalue weighted by molar-refractivity contribution is -0.163. The third kappa shape index (κ3) is 3.40. The standard InChI is InChI=1S/C23H17ClN6O4/c24-13-4-3-5-14(8-13)30-20-15(19-16(21(30)31)10-27-29-19)9-25-22(28-20)26-11-23(32)12-33-17-6-1-2-7-18(17)34-23/h1-10,32H,11-12H2,(H,27,29)(H,25,26,28)/t23-/m0/s1. The van der Waals surface area contributed by atoms with Crippen LogP contribution in [0.15, 0.2) is 65.7 Å². The lowest BCUT2D eigenvalue weighted by Gasteiger charge is -2.33. The van der Waals surface area contributed by atoms with Crippen molar-refractivity contribution in [3.8, 4) is 17.2 Å². The van der Waals surface area contributed by atoms with Crippen molar-refractivity contribution in [1.29, 1.82) is 0 Å². The second kappa shape index (κ2) is 7.72. The lowest BCUT2D eigenvalue weighted by Crippen LogP contribution is -2.50. The molecule has 1 aliphatic rings. The number of benzene rings is 2. The van der Waals surface area contributed by atoms with Gasteiger partial charge in [-0.25, -0.2) is 4.98 Å². The number of nitrogens with zero attached hydrogens (tertiary/aromatic N) is 4. The Morgan fingerprint density at radius 2 is 2.00 bits per heavy atom. The number of hydrogen-bond donors (Lipinski definition) is 3. The molecule has 2 aromatic carbocycles. The zero-order valence-electron chi connectivity index (χ0n) is 17.5. The number of rotatable bonds is 4. The van der Waals surface area contributed by atoms with Crippen molar-refractivity contribution in [3.63, 3.8) is 0 Å². The van der Waals surface area contributed by atoms with E-state index in [4.69, 9.17) is 21.1 Å². The van der Waals surface area contributed by atoms with Crippen LogP contribution in [0.5, 0.6) is 11.5 Å². The SMILES string of the molecule is O=c1c2cn[nH]c2c2cnc(NC[C@@]3(O)COc4ccccc4O3)nc2n1-c1cccc(Cl)c1. The number of para-hydroxylation sites is 2. The molecule has 6 rings (SSSR count). The number of aliphatic hydroxyl groups is 1. The molecule has 10 nitrogen and oxygen atoms in total. The molecule has 3 N–H and O–H groups in total. The molecule has 0 radical (unpaired) electrons. The smallest absolute Gasteiger partial charge is 0.267 e. The summed E-state index contributed by atoms with van der Waals surface area (Å²) in [5, 5.41) is 22.2. The molecular formula is C23H17ClN6O4. The summed E-state index contributed by atoms with van der Waals surface area (Å²) >= 11 is 6.18. The van der Waals surface area contributed by atoms with Crippen molar-refractivity contribution in [2.24, 2.45) is 0 Å². The van der Waals surface area contributed by atoms with Gasteiger partial charge in [0.2, 0.25) is 5.95 Å². The first-order valence-corrected chi connectivity index (χ1v) is 10.8. The molecule has 170 valence electrons. The van der Waals surface area contributed by atoms with Crippen LogP contribution in [0.25, 0.3) is 27.6 Å². The van der Waals surface area contributed by atoms with Gasteiger partial charge in [0.05, 0.1) is 34.7 Å². The first kappa shape index (κ1) is 20.5. The van der Waals surface area contributed by atoms with E-state index in [-0.39, 0.29) is 24.7 Å². The van der Waals surface area contributed by atoms with Crippen LogP contribution in [0.2, 0.25) is 5.02 Å². The quantitative estimate of drug-likeness (QED) is 0.361. The van der Waals surface area contributed by atoms with E-state index in [0.29, 0.717) is 44.1 Å². The Balaban J connectivity index is 1.40. The number of ether oxygens (including phenoxy) is 2. The van der Waals surface area contributed by atoms with Crippen LogP contribution in [0.3, 0.4) is 0 Å². The van der Waals surface area contributed by atoms with E-state index in [1.165, 1.54) is 10.8 Å². The van der Waals surface area contributed by atoms with Gasteiger partial charge in [-0.1, -0.05) is 29.8 Å². The predicted molar refractivity (Wildman–Crippen MR) is 126 cm³/mol. The Morgan fingerprint density at radius 1 is 1.15 bits per heavy atom. The fourth-order valence-corrected chi connectivity index (χ4v) is 4.10. The van der Waals surface area contributed by atoms with Gasteiger partial charge in [0.1, 0.15) is 0 Å². The molecule has 0 aliphatic carbocycles. The van der Waals surface area contributed by atoms with Crippen molar-refractivity contribution in [2.45, 2.75) is 5.79 Å². The number of halogens is 1. The molecule has 0 amide bonds. The van der Waals surface area contributed by atoms with E-state index in [9.17, 15) is 9.90 Å². The van der Waals surface area contributed by atoms with Crippen molar-refractivity contribution in [2.75, 3.05) is 18.5 Å². The molecule has 11 heteroatoms. The normalized spacial score (nSPS) is 17.2.